The molecule has 0 saturated heterocycles. The lowest BCUT2D eigenvalue weighted by atomic mass is 10.1. The first-order valence-electron chi connectivity index (χ1n) is 4.19. The zero-order chi connectivity index (χ0) is 8.39. The van der Waals surface area contributed by atoms with E-state index in [1.807, 2.05) is 18.8 Å². The van der Waals surface area contributed by atoms with Crippen molar-refractivity contribution in [2.45, 2.75) is 18.7 Å². The summed E-state index contributed by atoms with van der Waals surface area (Å²) < 4.78 is 0. The van der Waals surface area contributed by atoms with Crippen LogP contribution < -0.4 is 5.32 Å². The lowest BCUT2D eigenvalue weighted by molar-refractivity contribution is 0.775. The highest BCUT2D eigenvalue weighted by molar-refractivity contribution is 7.98. The van der Waals surface area contributed by atoms with Gasteiger partial charge in [0, 0.05) is 18.0 Å². The number of H-pyrrole nitrogens is 1. The van der Waals surface area contributed by atoms with Crippen LogP contribution in [0.25, 0.3) is 0 Å². The molecule has 1 aliphatic heterocycles. The molecule has 3 nitrogen and oxygen atoms in total. The lowest BCUT2D eigenvalue weighted by Gasteiger charge is -2.10. The molecule has 1 aliphatic rings. The van der Waals surface area contributed by atoms with Crippen molar-refractivity contribution in [3.8, 4) is 0 Å². The van der Waals surface area contributed by atoms with Gasteiger partial charge in [0.05, 0.1) is 5.69 Å². The van der Waals surface area contributed by atoms with Crippen LogP contribution in [0.3, 0.4) is 0 Å². The summed E-state index contributed by atoms with van der Waals surface area (Å²) in [7, 11) is 1.96. The van der Waals surface area contributed by atoms with Crippen molar-refractivity contribution in [1.82, 2.24) is 15.5 Å². The Morgan fingerprint density at radius 2 is 2.58 bits per heavy atom. The van der Waals surface area contributed by atoms with Crippen LogP contribution in [0.15, 0.2) is 0 Å². The second-order valence-electron chi connectivity index (χ2n) is 2.96. The largest absolute Gasteiger partial charge is 0.314 e. The smallest absolute Gasteiger partial charge is 0.0795 e. The third kappa shape index (κ3) is 1.36. The van der Waals surface area contributed by atoms with Gasteiger partial charge >= 0.3 is 0 Å². The molecule has 2 N–H and O–H groups in total. The van der Waals surface area contributed by atoms with Gasteiger partial charge in [0.25, 0.3) is 0 Å². The van der Waals surface area contributed by atoms with E-state index in [4.69, 9.17) is 0 Å². The maximum Gasteiger partial charge on any atom is 0.0795 e. The molecule has 1 aromatic heterocycles. The molecule has 2 rings (SSSR count). The molecule has 0 radical (unpaired) electrons. The predicted molar refractivity (Wildman–Crippen MR) is 51.2 cm³/mol. The number of thioether (sulfide) groups is 1. The Labute approximate surface area is 76.3 Å². The van der Waals surface area contributed by atoms with Gasteiger partial charge in [0.2, 0.25) is 0 Å². The second kappa shape index (κ2) is 3.49. The van der Waals surface area contributed by atoms with Crippen molar-refractivity contribution < 1.29 is 0 Å². The van der Waals surface area contributed by atoms with Gasteiger partial charge < -0.3 is 5.32 Å². The Balaban J connectivity index is 2.25. The normalized spacial score (nSPS) is 16.1. The average molecular weight is 183 g/mol. The van der Waals surface area contributed by atoms with E-state index in [1.54, 1.807) is 0 Å². The third-order valence-corrected chi connectivity index (χ3v) is 3.11. The maximum atomic E-state index is 4.29. The first-order valence-corrected chi connectivity index (χ1v) is 5.34. The summed E-state index contributed by atoms with van der Waals surface area (Å²) in [5.74, 6) is 2.34. The van der Waals surface area contributed by atoms with Crippen molar-refractivity contribution in [1.29, 1.82) is 0 Å². The number of hydrogen-bond donors (Lipinski definition) is 2. The van der Waals surface area contributed by atoms with Crippen molar-refractivity contribution in [2.75, 3.05) is 12.8 Å². The Bertz CT molecular complexity index is 269. The maximum absolute atomic E-state index is 4.29. The Kier molecular flexibility index (Phi) is 2.37. The van der Waals surface area contributed by atoms with Gasteiger partial charge in [0.15, 0.2) is 0 Å². The number of nitrogens with one attached hydrogen (secondary N) is 2. The van der Waals surface area contributed by atoms with Crippen LogP contribution in [-0.4, -0.2) is 23.0 Å². The van der Waals surface area contributed by atoms with Gasteiger partial charge in [-0.1, -0.05) is 0 Å². The summed E-state index contributed by atoms with van der Waals surface area (Å²) in [4.78, 5) is 0. The minimum absolute atomic E-state index is 0.885. The molecule has 12 heavy (non-hydrogen) atoms. The molecule has 0 spiro atoms. The van der Waals surface area contributed by atoms with Gasteiger partial charge in [-0.25, -0.2) is 0 Å². The quantitative estimate of drug-likeness (QED) is 0.716. The monoisotopic (exact) mass is 183 g/mol. The molecule has 0 saturated carbocycles. The van der Waals surface area contributed by atoms with Gasteiger partial charge in [-0.05, 0) is 24.8 Å². The second-order valence-corrected chi connectivity index (χ2v) is 4.07. The molecular formula is C8H13N3S. The van der Waals surface area contributed by atoms with Crippen LogP contribution in [0.1, 0.15) is 17.0 Å². The van der Waals surface area contributed by atoms with Crippen molar-refractivity contribution in [3.05, 3.63) is 17.0 Å². The minimum atomic E-state index is 0.885. The fourth-order valence-corrected chi connectivity index (χ4v) is 2.46. The number of rotatable bonds is 2. The van der Waals surface area contributed by atoms with Gasteiger partial charge in [-0.3, -0.25) is 5.10 Å². The van der Waals surface area contributed by atoms with E-state index in [2.05, 4.69) is 15.5 Å². The highest BCUT2D eigenvalue weighted by Gasteiger charge is 2.15. The van der Waals surface area contributed by atoms with Crippen molar-refractivity contribution in [2.24, 2.45) is 0 Å². The molecule has 0 aromatic carbocycles. The van der Waals surface area contributed by atoms with Crippen LogP contribution in [0, 0.1) is 0 Å². The van der Waals surface area contributed by atoms with Crippen LogP contribution in [-0.2, 0) is 18.7 Å². The Morgan fingerprint density at radius 3 is 3.42 bits per heavy atom. The lowest BCUT2D eigenvalue weighted by Crippen LogP contribution is -2.09. The number of aromatic amines is 1. The van der Waals surface area contributed by atoms with Gasteiger partial charge in [-0.2, -0.15) is 16.9 Å². The van der Waals surface area contributed by atoms with E-state index in [1.165, 1.54) is 29.1 Å². The molecule has 2 heterocycles. The first-order chi connectivity index (χ1) is 5.92. The summed E-state index contributed by atoms with van der Waals surface area (Å²) in [6.07, 6.45) is 1.17. The fourth-order valence-electron chi connectivity index (χ4n) is 1.52. The molecule has 1 aromatic rings. The van der Waals surface area contributed by atoms with E-state index < -0.39 is 0 Å². The molecule has 0 unspecified atom stereocenters. The van der Waals surface area contributed by atoms with E-state index >= 15 is 0 Å². The highest BCUT2D eigenvalue weighted by atomic mass is 32.2. The first kappa shape index (κ1) is 8.13. The number of hydrogen-bond acceptors (Lipinski definition) is 3. The van der Waals surface area contributed by atoms with E-state index in [-0.39, 0.29) is 0 Å². The third-order valence-electron chi connectivity index (χ3n) is 2.13. The molecular weight excluding hydrogens is 170 g/mol. The van der Waals surface area contributed by atoms with Gasteiger partial charge in [-0.15, -0.1) is 0 Å². The predicted octanol–water partition coefficient (Wildman–Crippen LogP) is 0.918. The van der Waals surface area contributed by atoms with Crippen molar-refractivity contribution in [3.63, 3.8) is 0 Å². The zero-order valence-electron chi connectivity index (χ0n) is 7.18. The van der Waals surface area contributed by atoms with Gasteiger partial charge in [0.1, 0.15) is 0 Å². The number of aromatic nitrogens is 2. The fraction of sp³-hybridized carbons (Fsp3) is 0.625. The zero-order valence-corrected chi connectivity index (χ0v) is 8.00. The molecule has 0 fully saturated rings. The molecule has 0 aliphatic carbocycles. The SMILES string of the molecule is CNCc1n[nH]c2c1CCSC2. The topological polar surface area (TPSA) is 40.7 Å². The van der Waals surface area contributed by atoms with E-state index in [0.29, 0.717) is 0 Å². The number of fused-ring (bicyclic) bond motifs is 1. The Morgan fingerprint density at radius 1 is 1.67 bits per heavy atom. The summed E-state index contributed by atoms with van der Waals surface area (Å²) >= 11 is 1.98. The van der Waals surface area contributed by atoms with Crippen LogP contribution in [0.2, 0.25) is 0 Å². The highest BCUT2D eigenvalue weighted by Crippen LogP contribution is 2.24. The standard InChI is InChI=1S/C8H13N3S/c1-9-4-7-6-2-3-12-5-8(6)11-10-7/h9H,2-5H2,1H3,(H,10,11). The van der Waals surface area contributed by atoms with Crippen molar-refractivity contribution >= 4 is 11.8 Å². The molecule has 66 valence electrons. The average Bonchev–Trinajstić information content (AvgIpc) is 2.50. The minimum Gasteiger partial charge on any atom is -0.314 e. The molecule has 0 bridgehead atoms. The molecule has 0 atom stereocenters. The van der Waals surface area contributed by atoms with Crippen LogP contribution in [0.4, 0.5) is 0 Å². The van der Waals surface area contributed by atoms with Crippen LogP contribution in [0.5, 0.6) is 0 Å². The summed E-state index contributed by atoms with van der Waals surface area (Å²) in [6.45, 7) is 0.885. The summed E-state index contributed by atoms with van der Waals surface area (Å²) in [5, 5.41) is 10.5. The molecule has 0 amide bonds. The number of nitrogens with zero attached hydrogens (tertiary/aromatic N) is 1. The van der Waals surface area contributed by atoms with Crippen LogP contribution >= 0.6 is 11.8 Å². The Hall–Kier alpha value is -0.480. The summed E-state index contributed by atoms with van der Waals surface area (Å²) in [5.41, 5.74) is 3.98. The van der Waals surface area contributed by atoms with E-state index in [9.17, 15) is 0 Å². The molecule has 4 heteroatoms. The summed E-state index contributed by atoms with van der Waals surface area (Å²) in [6, 6.07) is 0. The van der Waals surface area contributed by atoms with E-state index in [0.717, 1.165) is 12.3 Å².